The molecule has 1 saturated carbocycles. The Bertz CT molecular complexity index is 832. The Morgan fingerprint density at radius 1 is 1.36 bits per heavy atom. The minimum Gasteiger partial charge on any atom is -0.388 e. The molecule has 0 atom stereocenters. The summed E-state index contributed by atoms with van der Waals surface area (Å²) in [6.07, 6.45) is 5.70. The van der Waals surface area contributed by atoms with Crippen LogP contribution in [0.4, 0.5) is 0 Å². The van der Waals surface area contributed by atoms with Gasteiger partial charge in [0, 0.05) is 42.0 Å². The van der Waals surface area contributed by atoms with Crippen LogP contribution in [0.1, 0.15) is 69.9 Å². The van der Waals surface area contributed by atoms with Gasteiger partial charge in [-0.1, -0.05) is 24.4 Å². The fraction of sp³-hybridized carbons (Fsp3) is 0.619. The number of aliphatic hydroxyl groups is 1. The van der Waals surface area contributed by atoms with Gasteiger partial charge in [0.25, 0.3) is 5.91 Å². The topological polar surface area (TPSA) is 78.6 Å². The van der Waals surface area contributed by atoms with Crippen LogP contribution in [0.5, 0.6) is 0 Å². The monoisotopic (exact) mass is 403 g/mol. The number of hydrogen-bond acceptors (Lipinski definition) is 6. The number of nitrogens with one attached hydrogen (secondary N) is 1. The molecule has 4 rings (SSSR count). The van der Waals surface area contributed by atoms with Crippen molar-refractivity contribution in [1.29, 1.82) is 0 Å². The van der Waals surface area contributed by atoms with Gasteiger partial charge in [-0.05, 0) is 38.7 Å². The van der Waals surface area contributed by atoms with E-state index in [-0.39, 0.29) is 5.91 Å². The zero-order chi connectivity index (χ0) is 19.7. The second-order valence-corrected chi connectivity index (χ2v) is 9.25. The highest BCUT2D eigenvalue weighted by Gasteiger charge is 2.31. The molecular weight excluding hydrogens is 374 g/mol. The molecule has 152 valence electrons. The highest BCUT2D eigenvalue weighted by Crippen LogP contribution is 2.31. The second kappa shape index (κ2) is 7.97. The molecule has 0 radical (unpaired) electrons. The summed E-state index contributed by atoms with van der Waals surface area (Å²) in [5.74, 6) is 0.839. The van der Waals surface area contributed by atoms with Crippen LogP contribution in [0.15, 0.2) is 9.90 Å². The molecule has 7 heteroatoms. The van der Waals surface area contributed by atoms with Gasteiger partial charge in [0.1, 0.15) is 5.76 Å². The molecule has 2 N–H and O–H groups in total. The number of fused-ring (bicyclic) bond motifs is 1. The molecule has 2 aromatic heterocycles. The third-order valence-corrected chi connectivity index (χ3v) is 7.21. The molecule has 1 aliphatic heterocycles. The van der Waals surface area contributed by atoms with Crippen LogP contribution in [0.2, 0.25) is 0 Å². The maximum Gasteiger partial charge on any atom is 0.252 e. The molecule has 6 nitrogen and oxygen atoms in total. The molecule has 0 saturated heterocycles. The number of hydrogen-bond donors (Lipinski definition) is 2. The zero-order valence-corrected chi connectivity index (χ0v) is 17.5. The lowest BCUT2D eigenvalue weighted by atomic mass is 9.85. The lowest BCUT2D eigenvalue weighted by Gasteiger charge is -2.32. The number of carbonyl (C=O) groups is 1. The molecule has 0 bridgehead atoms. The van der Waals surface area contributed by atoms with Crippen molar-refractivity contribution in [3.63, 3.8) is 0 Å². The molecule has 0 unspecified atom stereocenters. The van der Waals surface area contributed by atoms with E-state index in [1.807, 2.05) is 19.2 Å². The van der Waals surface area contributed by atoms with E-state index in [9.17, 15) is 9.90 Å². The fourth-order valence-electron chi connectivity index (χ4n) is 4.38. The van der Waals surface area contributed by atoms with Gasteiger partial charge in [-0.2, -0.15) is 0 Å². The van der Waals surface area contributed by atoms with Crippen LogP contribution >= 0.6 is 11.3 Å². The third-order valence-electron chi connectivity index (χ3n) is 6.20. The standard InChI is InChI=1S/C21H29N3O3S/c1-14-17(15(2)27-23-14)10-24-9-6-16-18(12-28-19(16)11-24)20(25)22-13-21(26)7-4-3-5-8-21/h12,26H,3-11,13H2,1-2H3,(H,22,25). The summed E-state index contributed by atoms with van der Waals surface area (Å²) in [7, 11) is 0. The number of carbonyl (C=O) groups excluding carboxylic acids is 1. The first-order valence-corrected chi connectivity index (χ1v) is 11.1. The number of amides is 1. The van der Waals surface area contributed by atoms with E-state index in [1.165, 1.54) is 22.4 Å². The second-order valence-electron chi connectivity index (χ2n) is 8.28. The molecule has 2 aliphatic rings. The quantitative estimate of drug-likeness (QED) is 0.801. The zero-order valence-electron chi connectivity index (χ0n) is 16.7. The predicted molar refractivity (Wildman–Crippen MR) is 108 cm³/mol. The summed E-state index contributed by atoms with van der Waals surface area (Å²) in [6.45, 7) is 6.88. The first-order valence-electron chi connectivity index (χ1n) is 10.2. The van der Waals surface area contributed by atoms with Gasteiger partial charge in [0.2, 0.25) is 0 Å². The molecule has 28 heavy (non-hydrogen) atoms. The molecule has 0 aromatic carbocycles. The van der Waals surface area contributed by atoms with Gasteiger partial charge >= 0.3 is 0 Å². The van der Waals surface area contributed by atoms with Gasteiger partial charge < -0.3 is 14.9 Å². The van der Waals surface area contributed by atoms with Gasteiger partial charge in [-0.25, -0.2) is 0 Å². The predicted octanol–water partition coefficient (Wildman–Crippen LogP) is 3.34. The molecule has 1 aliphatic carbocycles. The summed E-state index contributed by atoms with van der Waals surface area (Å²) in [4.78, 5) is 16.4. The van der Waals surface area contributed by atoms with E-state index in [4.69, 9.17) is 4.52 Å². The molecule has 0 spiro atoms. The van der Waals surface area contributed by atoms with Crippen molar-refractivity contribution in [3.8, 4) is 0 Å². The summed E-state index contributed by atoms with van der Waals surface area (Å²) < 4.78 is 5.28. The van der Waals surface area contributed by atoms with E-state index in [0.717, 1.165) is 68.8 Å². The minimum atomic E-state index is -0.727. The van der Waals surface area contributed by atoms with Crippen molar-refractivity contribution in [3.05, 3.63) is 38.4 Å². The van der Waals surface area contributed by atoms with Crippen molar-refractivity contribution in [1.82, 2.24) is 15.4 Å². The van der Waals surface area contributed by atoms with Crippen LogP contribution < -0.4 is 5.32 Å². The van der Waals surface area contributed by atoms with Crippen LogP contribution in [0, 0.1) is 13.8 Å². The molecular formula is C21H29N3O3S. The Hall–Kier alpha value is -1.70. The maximum absolute atomic E-state index is 12.7. The number of thiophene rings is 1. The van der Waals surface area contributed by atoms with E-state index < -0.39 is 5.60 Å². The average Bonchev–Trinajstić information content (AvgIpc) is 3.25. The number of aryl methyl sites for hydroxylation is 2. The van der Waals surface area contributed by atoms with Gasteiger partial charge in [-0.15, -0.1) is 11.3 Å². The Labute approximate surface area is 169 Å². The van der Waals surface area contributed by atoms with Crippen LogP contribution in [0.3, 0.4) is 0 Å². The molecule has 2 aromatic rings. The number of rotatable bonds is 5. The van der Waals surface area contributed by atoms with Crippen LogP contribution in [-0.2, 0) is 19.5 Å². The lowest BCUT2D eigenvalue weighted by molar-refractivity contribution is 0.00525. The minimum absolute atomic E-state index is 0.0457. The first-order chi connectivity index (χ1) is 13.5. The lowest BCUT2D eigenvalue weighted by Crippen LogP contribution is -2.44. The van der Waals surface area contributed by atoms with Crippen LogP contribution in [-0.4, -0.2) is 39.8 Å². The maximum atomic E-state index is 12.7. The van der Waals surface area contributed by atoms with E-state index in [2.05, 4.69) is 15.4 Å². The molecule has 1 amide bonds. The average molecular weight is 404 g/mol. The Morgan fingerprint density at radius 3 is 2.86 bits per heavy atom. The SMILES string of the molecule is Cc1noc(C)c1CN1CCc2c(C(=O)NCC3(O)CCCCC3)csc2C1. The largest absolute Gasteiger partial charge is 0.388 e. The van der Waals surface area contributed by atoms with Crippen molar-refractivity contribution in [2.45, 2.75) is 71.1 Å². The Balaban J connectivity index is 1.38. The normalized spacial score (nSPS) is 19.4. The van der Waals surface area contributed by atoms with E-state index >= 15 is 0 Å². The first kappa shape index (κ1) is 19.6. The van der Waals surface area contributed by atoms with Gasteiger partial charge in [0.05, 0.1) is 16.9 Å². The third kappa shape index (κ3) is 4.02. The van der Waals surface area contributed by atoms with Crippen molar-refractivity contribution < 1.29 is 14.4 Å². The van der Waals surface area contributed by atoms with Gasteiger partial charge in [-0.3, -0.25) is 9.69 Å². The highest BCUT2D eigenvalue weighted by atomic mass is 32.1. The highest BCUT2D eigenvalue weighted by molar-refractivity contribution is 7.10. The van der Waals surface area contributed by atoms with Crippen LogP contribution in [0.25, 0.3) is 0 Å². The summed E-state index contributed by atoms with van der Waals surface area (Å²) >= 11 is 1.66. The Kier molecular flexibility index (Phi) is 5.58. The van der Waals surface area contributed by atoms with Gasteiger partial charge in [0.15, 0.2) is 0 Å². The smallest absolute Gasteiger partial charge is 0.252 e. The van der Waals surface area contributed by atoms with Crippen molar-refractivity contribution in [2.24, 2.45) is 0 Å². The number of nitrogens with zero attached hydrogens (tertiary/aromatic N) is 2. The molecule has 3 heterocycles. The molecule has 1 fully saturated rings. The van der Waals surface area contributed by atoms with Crippen molar-refractivity contribution >= 4 is 17.2 Å². The van der Waals surface area contributed by atoms with E-state index in [1.54, 1.807) is 11.3 Å². The summed E-state index contributed by atoms with van der Waals surface area (Å²) in [6, 6.07) is 0. The van der Waals surface area contributed by atoms with Crippen molar-refractivity contribution in [2.75, 3.05) is 13.1 Å². The Morgan fingerprint density at radius 2 is 2.14 bits per heavy atom. The van der Waals surface area contributed by atoms with E-state index in [0.29, 0.717) is 6.54 Å². The fourth-order valence-corrected chi connectivity index (χ4v) is 5.51. The summed E-state index contributed by atoms with van der Waals surface area (Å²) in [5.41, 5.74) is 3.35. The number of aromatic nitrogens is 1. The summed E-state index contributed by atoms with van der Waals surface area (Å²) in [5, 5.41) is 19.6.